The molecule has 0 atom stereocenters. The van der Waals surface area contributed by atoms with E-state index in [1.165, 1.54) is 0 Å². The number of rotatable bonds is 4. The van der Waals surface area contributed by atoms with E-state index in [2.05, 4.69) is 18.3 Å². The number of aryl methyl sites for hydroxylation is 2. The molecule has 152 valence electrons. The van der Waals surface area contributed by atoms with E-state index in [1.807, 2.05) is 55.5 Å². The smallest absolute Gasteiger partial charge is 0.235 e. The lowest BCUT2D eigenvalue weighted by molar-refractivity contribution is -0.118. The molecule has 0 spiro atoms. The van der Waals surface area contributed by atoms with Crippen LogP contribution in [0.2, 0.25) is 5.02 Å². The highest BCUT2D eigenvalue weighted by Crippen LogP contribution is 2.51. The van der Waals surface area contributed by atoms with E-state index in [9.17, 15) is 4.79 Å². The minimum absolute atomic E-state index is 0.0171. The van der Waals surface area contributed by atoms with Gasteiger partial charge in [0.25, 0.3) is 0 Å². The fraction of sp³-hybridized carbons (Fsp3) is 0.240. The molecule has 3 aromatic carbocycles. The van der Waals surface area contributed by atoms with Gasteiger partial charge < -0.3 is 14.8 Å². The van der Waals surface area contributed by atoms with Gasteiger partial charge in [-0.2, -0.15) is 0 Å². The molecule has 0 aromatic heterocycles. The summed E-state index contributed by atoms with van der Waals surface area (Å²) in [7, 11) is 0. The zero-order chi connectivity index (χ0) is 20.9. The van der Waals surface area contributed by atoms with Gasteiger partial charge in [0, 0.05) is 10.7 Å². The number of hydrogen-bond donors (Lipinski definition) is 1. The number of amides is 1. The van der Waals surface area contributed by atoms with Gasteiger partial charge in [-0.1, -0.05) is 29.8 Å². The Morgan fingerprint density at radius 3 is 2.50 bits per heavy atom. The van der Waals surface area contributed by atoms with Crippen molar-refractivity contribution in [1.29, 1.82) is 0 Å². The van der Waals surface area contributed by atoms with Crippen molar-refractivity contribution in [2.24, 2.45) is 0 Å². The van der Waals surface area contributed by atoms with Crippen LogP contribution in [0.25, 0.3) is 11.1 Å². The summed E-state index contributed by atoms with van der Waals surface area (Å²) < 4.78 is 10.9. The summed E-state index contributed by atoms with van der Waals surface area (Å²) in [5.74, 6) is 1.46. The molecule has 0 radical (unpaired) electrons. The van der Waals surface area contributed by atoms with Gasteiger partial charge in [0.15, 0.2) is 11.5 Å². The van der Waals surface area contributed by atoms with Gasteiger partial charge in [0.2, 0.25) is 12.7 Å². The predicted octanol–water partition coefficient (Wildman–Crippen LogP) is 6.02. The molecule has 4 nitrogen and oxygen atoms in total. The summed E-state index contributed by atoms with van der Waals surface area (Å²) >= 11 is 6.18. The lowest BCUT2D eigenvalue weighted by atomic mass is 9.94. The van der Waals surface area contributed by atoms with E-state index in [4.69, 9.17) is 21.1 Å². The number of ether oxygens (including phenoxy) is 2. The van der Waals surface area contributed by atoms with Gasteiger partial charge >= 0.3 is 0 Å². The minimum atomic E-state index is -0.497. The van der Waals surface area contributed by atoms with E-state index in [0.29, 0.717) is 5.75 Å². The molecule has 2 aliphatic rings. The second-order valence-electron chi connectivity index (χ2n) is 8.10. The molecule has 1 heterocycles. The van der Waals surface area contributed by atoms with Crippen LogP contribution in [0.3, 0.4) is 0 Å². The van der Waals surface area contributed by atoms with Crippen LogP contribution in [0.1, 0.15) is 29.5 Å². The number of carbonyl (C=O) groups is 1. The molecule has 1 amide bonds. The van der Waals surface area contributed by atoms with Crippen molar-refractivity contribution in [1.82, 2.24) is 0 Å². The SMILES string of the molecule is Cc1cc(-c2cc(NC(=O)C3(c4ccc5c(c4)OCO5)CC3)ccc2C)ccc1Cl. The maximum Gasteiger partial charge on any atom is 0.235 e. The molecular weight excluding hydrogens is 398 g/mol. The van der Waals surface area contributed by atoms with Crippen LogP contribution in [0.15, 0.2) is 54.6 Å². The zero-order valence-corrected chi connectivity index (χ0v) is 17.7. The molecule has 1 saturated carbocycles. The molecule has 3 aromatic rings. The minimum Gasteiger partial charge on any atom is -0.454 e. The summed E-state index contributed by atoms with van der Waals surface area (Å²) in [6.07, 6.45) is 1.65. The summed E-state index contributed by atoms with van der Waals surface area (Å²) in [6, 6.07) is 17.8. The molecule has 5 rings (SSSR count). The fourth-order valence-electron chi connectivity index (χ4n) is 4.04. The van der Waals surface area contributed by atoms with Gasteiger partial charge in [-0.25, -0.2) is 0 Å². The average Bonchev–Trinajstić information content (AvgIpc) is 3.42. The second kappa shape index (κ2) is 7.06. The zero-order valence-electron chi connectivity index (χ0n) is 16.9. The lowest BCUT2D eigenvalue weighted by Gasteiger charge is -2.17. The quantitative estimate of drug-likeness (QED) is 0.562. The number of hydrogen-bond acceptors (Lipinski definition) is 3. The Kier molecular flexibility index (Phi) is 4.48. The Labute approximate surface area is 180 Å². The lowest BCUT2D eigenvalue weighted by Crippen LogP contribution is -2.27. The Balaban J connectivity index is 1.42. The monoisotopic (exact) mass is 419 g/mol. The van der Waals surface area contributed by atoms with Crippen molar-refractivity contribution in [2.45, 2.75) is 32.1 Å². The van der Waals surface area contributed by atoms with Gasteiger partial charge in [-0.3, -0.25) is 4.79 Å². The number of benzene rings is 3. The predicted molar refractivity (Wildman–Crippen MR) is 118 cm³/mol. The van der Waals surface area contributed by atoms with Crippen molar-refractivity contribution < 1.29 is 14.3 Å². The van der Waals surface area contributed by atoms with Crippen LogP contribution in [-0.2, 0) is 10.2 Å². The number of halogens is 1. The molecule has 5 heteroatoms. The van der Waals surface area contributed by atoms with Crippen molar-refractivity contribution >= 4 is 23.2 Å². The fourth-order valence-corrected chi connectivity index (χ4v) is 4.16. The standard InChI is InChI=1S/C25H22ClNO3/c1-15-3-6-19(13-20(15)17-4-7-21(26)16(2)11-17)27-24(28)25(9-10-25)18-5-8-22-23(12-18)30-14-29-22/h3-8,11-13H,9-10,14H2,1-2H3,(H,27,28). The number of anilines is 1. The van der Waals surface area contributed by atoms with E-state index in [1.54, 1.807) is 0 Å². The Morgan fingerprint density at radius 1 is 0.933 bits per heavy atom. The van der Waals surface area contributed by atoms with Gasteiger partial charge in [-0.05, 0) is 90.9 Å². The van der Waals surface area contributed by atoms with Gasteiger partial charge in [-0.15, -0.1) is 0 Å². The second-order valence-corrected chi connectivity index (χ2v) is 8.51. The summed E-state index contributed by atoms with van der Waals surface area (Å²) in [5, 5.41) is 3.89. The maximum atomic E-state index is 13.2. The third kappa shape index (κ3) is 3.21. The van der Waals surface area contributed by atoms with Crippen molar-refractivity contribution in [3.63, 3.8) is 0 Å². The Morgan fingerprint density at radius 2 is 1.73 bits per heavy atom. The third-order valence-electron chi connectivity index (χ3n) is 6.07. The van der Waals surface area contributed by atoms with E-state index >= 15 is 0 Å². The molecular formula is C25H22ClNO3. The van der Waals surface area contributed by atoms with Gasteiger partial charge in [0.05, 0.1) is 5.41 Å². The number of nitrogens with one attached hydrogen (secondary N) is 1. The molecule has 1 aliphatic heterocycles. The van der Waals surface area contributed by atoms with Crippen LogP contribution < -0.4 is 14.8 Å². The summed E-state index contributed by atoms with van der Waals surface area (Å²) in [5.41, 5.74) is 5.62. The highest BCUT2D eigenvalue weighted by atomic mass is 35.5. The molecule has 1 N–H and O–H groups in total. The first-order valence-corrected chi connectivity index (χ1v) is 10.4. The third-order valence-corrected chi connectivity index (χ3v) is 6.50. The first-order chi connectivity index (χ1) is 14.5. The topological polar surface area (TPSA) is 47.6 Å². The van der Waals surface area contributed by atoms with E-state index < -0.39 is 5.41 Å². The van der Waals surface area contributed by atoms with E-state index in [0.717, 1.165) is 57.1 Å². The molecule has 1 fully saturated rings. The van der Waals surface area contributed by atoms with Crippen molar-refractivity contribution in [3.05, 3.63) is 76.3 Å². The van der Waals surface area contributed by atoms with Crippen molar-refractivity contribution in [2.75, 3.05) is 12.1 Å². The largest absolute Gasteiger partial charge is 0.454 e. The highest BCUT2D eigenvalue weighted by molar-refractivity contribution is 6.31. The average molecular weight is 420 g/mol. The summed E-state index contributed by atoms with van der Waals surface area (Å²) in [4.78, 5) is 13.2. The number of carbonyl (C=O) groups excluding carboxylic acids is 1. The van der Waals surface area contributed by atoms with Crippen LogP contribution in [0, 0.1) is 13.8 Å². The van der Waals surface area contributed by atoms with Crippen molar-refractivity contribution in [3.8, 4) is 22.6 Å². The first kappa shape index (κ1) is 19.0. The Hall–Kier alpha value is -2.98. The summed E-state index contributed by atoms with van der Waals surface area (Å²) in [6.45, 7) is 4.29. The first-order valence-electron chi connectivity index (χ1n) is 10.0. The van der Waals surface area contributed by atoms with Crippen LogP contribution in [0.4, 0.5) is 5.69 Å². The molecule has 0 unspecified atom stereocenters. The molecule has 0 bridgehead atoms. The van der Waals surface area contributed by atoms with E-state index in [-0.39, 0.29) is 12.7 Å². The van der Waals surface area contributed by atoms with Crippen LogP contribution in [-0.4, -0.2) is 12.7 Å². The Bertz CT molecular complexity index is 1170. The van der Waals surface area contributed by atoms with Crippen LogP contribution >= 0.6 is 11.6 Å². The molecule has 0 saturated heterocycles. The molecule has 30 heavy (non-hydrogen) atoms. The number of fused-ring (bicyclic) bond motifs is 1. The maximum absolute atomic E-state index is 13.2. The van der Waals surface area contributed by atoms with Crippen LogP contribution in [0.5, 0.6) is 11.5 Å². The molecule has 1 aliphatic carbocycles. The van der Waals surface area contributed by atoms with Gasteiger partial charge in [0.1, 0.15) is 0 Å². The highest BCUT2D eigenvalue weighted by Gasteiger charge is 2.51. The normalized spacial score (nSPS) is 15.7.